The number of fused-ring (bicyclic) bond motifs is 1. The van der Waals surface area contributed by atoms with Crippen molar-refractivity contribution in [2.45, 2.75) is 31.8 Å². The van der Waals surface area contributed by atoms with Gasteiger partial charge in [-0.05, 0) is 25.5 Å². The van der Waals surface area contributed by atoms with Gasteiger partial charge in [-0.25, -0.2) is 4.98 Å². The normalized spacial score (nSPS) is 28.7. The van der Waals surface area contributed by atoms with Crippen molar-refractivity contribution in [3.63, 3.8) is 0 Å². The molecule has 152 valence electrons. The molecule has 2 amide bonds. The molecule has 4 rings (SSSR count). The van der Waals surface area contributed by atoms with Crippen molar-refractivity contribution in [1.82, 2.24) is 15.2 Å². The number of amides is 2. The van der Waals surface area contributed by atoms with Crippen LogP contribution >= 0.6 is 0 Å². The Morgan fingerprint density at radius 1 is 1.28 bits per heavy atom. The molecule has 0 aliphatic carbocycles. The van der Waals surface area contributed by atoms with Gasteiger partial charge in [-0.15, -0.1) is 0 Å². The van der Waals surface area contributed by atoms with Crippen LogP contribution in [0.1, 0.15) is 30.8 Å². The Kier molecular flexibility index (Phi) is 4.53. The molecular formula is C21H23N3O5. The number of esters is 1. The SMILES string of the molecule is CC[C@]1(C(=O)OC)N[C@@H](c2nc(-c3ccccc3)oc2C)[C@H]2C(=O)N(C)C(=O)[C@H]21. The van der Waals surface area contributed by atoms with E-state index in [4.69, 9.17) is 9.15 Å². The Morgan fingerprint density at radius 2 is 1.97 bits per heavy atom. The molecule has 1 N–H and O–H groups in total. The molecule has 3 heterocycles. The number of likely N-dealkylation sites (tertiary alicyclic amines) is 1. The molecule has 0 spiro atoms. The number of carbonyl (C=O) groups is 3. The van der Waals surface area contributed by atoms with Crippen molar-refractivity contribution in [3.05, 3.63) is 41.8 Å². The molecule has 0 bridgehead atoms. The molecule has 0 unspecified atom stereocenters. The number of rotatable bonds is 4. The minimum Gasteiger partial charge on any atom is -0.468 e. The molecule has 2 aliphatic heterocycles. The lowest BCUT2D eigenvalue weighted by Crippen LogP contribution is -2.55. The maximum absolute atomic E-state index is 12.9. The van der Waals surface area contributed by atoms with E-state index in [-0.39, 0.29) is 11.8 Å². The Morgan fingerprint density at radius 3 is 2.59 bits per heavy atom. The van der Waals surface area contributed by atoms with E-state index in [1.165, 1.54) is 14.2 Å². The van der Waals surface area contributed by atoms with Gasteiger partial charge in [0.25, 0.3) is 0 Å². The smallest absolute Gasteiger partial charge is 0.326 e. The highest BCUT2D eigenvalue weighted by atomic mass is 16.5. The number of aryl methyl sites for hydroxylation is 1. The molecule has 4 atom stereocenters. The average Bonchev–Trinajstić information content (AvgIpc) is 3.36. The monoisotopic (exact) mass is 397 g/mol. The van der Waals surface area contributed by atoms with E-state index < -0.39 is 29.4 Å². The van der Waals surface area contributed by atoms with E-state index in [0.717, 1.165) is 10.5 Å². The predicted octanol–water partition coefficient (Wildman–Crippen LogP) is 1.85. The molecule has 2 fully saturated rings. The van der Waals surface area contributed by atoms with Gasteiger partial charge in [0, 0.05) is 12.6 Å². The van der Waals surface area contributed by atoms with E-state index in [0.29, 0.717) is 23.8 Å². The second-order valence-corrected chi connectivity index (χ2v) is 7.50. The third-order valence-corrected chi connectivity index (χ3v) is 6.13. The van der Waals surface area contributed by atoms with Crippen LogP contribution in [0.2, 0.25) is 0 Å². The summed E-state index contributed by atoms with van der Waals surface area (Å²) in [5.41, 5.74) is 0.0338. The first-order chi connectivity index (χ1) is 13.9. The summed E-state index contributed by atoms with van der Waals surface area (Å²) >= 11 is 0. The van der Waals surface area contributed by atoms with Crippen molar-refractivity contribution in [3.8, 4) is 11.5 Å². The molecule has 0 radical (unpaired) electrons. The lowest BCUT2D eigenvalue weighted by Gasteiger charge is -2.30. The van der Waals surface area contributed by atoms with Crippen molar-refractivity contribution < 1.29 is 23.5 Å². The lowest BCUT2D eigenvalue weighted by atomic mass is 9.78. The summed E-state index contributed by atoms with van der Waals surface area (Å²) in [6.45, 7) is 3.56. The topological polar surface area (TPSA) is 102 Å². The summed E-state index contributed by atoms with van der Waals surface area (Å²) in [5.74, 6) is -1.91. The van der Waals surface area contributed by atoms with Crippen LogP contribution in [0.4, 0.5) is 0 Å². The number of hydrogen-bond acceptors (Lipinski definition) is 7. The van der Waals surface area contributed by atoms with E-state index in [2.05, 4.69) is 10.3 Å². The number of aromatic nitrogens is 1. The fraction of sp³-hybridized carbons (Fsp3) is 0.429. The van der Waals surface area contributed by atoms with Crippen LogP contribution in [0.25, 0.3) is 11.5 Å². The number of imide groups is 1. The maximum Gasteiger partial charge on any atom is 0.326 e. The van der Waals surface area contributed by atoms with Gasteiger partial charge in [0.15, 0.2) is 0 Å². The number of nitrogens with one attached hydrogen (secondary N) is 1. The Balaban J connectivity index is 1.83. The Labute approximate surface area is 168 Å². The van der Waals surface area contributed by atoms with E-state index in [9.17, 15) is 14.4 Å². The van der Waals surface area contributed by atoms with Gasteiger partial charge in [0.1, 0.15) is 17.0 Å². The highest BCUT2D eigenvalue weighted by molar-refractivity contribution is 6.09. The van der Waals surface area contributed by atoms with Crippen LogP contribution in [0, 0.1) is 18.8 Å². The summed E-state index contributed by atoms with van der Waals surface area (Å²) in [6, 6.07) is 8.78. The van der Waals surface area contributed by atoms with Crippen molar-refractivity contribution >= 4 is 17.8 Å². The zero-order valence-electron chi connectivity index (χ0n) is 16.8. The largest absolute Gasteiger partial charge is 0.468 e. The van der Waals surface area contributed by atoms with Gasteiger partial charge in [-0.2, -0.15) is 0 Å². The number of ether oxygens (including phenoxy) is 1. The fourth-order valence-corrected chi connectivity index (χ4v) is 4.62. The summed E-state index contributed by atoms with van der Waals surface area (Å²) < 4.78 is 10.9. The second-order valence-electron chi connectivity index (χ2n) is 7.50. The number of benzene rings is 1. The number of oxazole rings is 1. The molecule has 1 aromatic carbocycles. The van der Waals surface area contributed by atoms with Crippen molar-refractivity contribution in [2.24, 2.45) is 11.8 Å². The van der Waals surface area contributed by atoms with Gasteiger partial charge in [0.05, 0.1) is 25.0 Å². The van der Waals surface area contributed by atoms with Crippen LogP contribution in [-0.2, 0) is 19.1 Å². The first-order valence-corrected chi connectivity index (χ1v) is 9.56. The van der Waals surface area contributed by atoms with Crippen molar-refractivity contribution in [2.75, 3.05) is 14.2 Å². The molecule has 2 aromatic rings. The molecule has 1 aromatic heterocycles. The lowest BCUT2D eigenvalue weighted by molar-refractivity contribution is -0.154. The zero-order valence-corrected chi connectivity index (χ0v) is 16.8. The summed E-state index contributed by atoms with van der Waals surface area (Å²) in [5, 5.41) is 3.24. The molecule has 2 saturated heterocycles. The van der Waals surface area contributed by atoms with Crippen LogP contribution in [0.3, 0.4) is 0 Å². The number of hydrogen-bond donors (Lipinski definition) is 1. The quantitative estimate of drug-likeness (QED) is 0.620. The van der Waals surface area contributed by atoms with Crippen molar-refractivity contribution in [1.29, 1.82) is 0 Å². The number of carbonyl (C=O) groups excluding carboxylic acids is 3. The first kappa shape index (κ1) is 19.3. The molecule has 8 nitrogen and oxygen atoms in total. The minimum absolute atomic E-state index is 0.298. The van der Waals surface area contributed by atoms with E-state index in [1.807, 2.05) is 30.3 Å². The molecule has 8 heteroatoms. The number of nitrogens with zero attached hydrogens (tertiary/aromatic N) is 2. The van der Waals surface area contributed by atoms with Crippen LogP contribution < -0.4 is 5.32 Å². The maximum atomic E-state index is 12.9. The third-order valence-electron chi connectivity index (χ3n) is 6.13. The third kappa shape index (κ3) is 2.62. The molecule has 2 aliphatic rings. The summed E-state index contributed by atoms with van der Waals surface area (Å²) in [4.78, 5) is 44.3. The van der Waals surface area contributed by atoms with Crippen LogP contribution in [0.15, 0.2) is 34.7 Å². The zero-order chi connectivity index (χ0) is 20.9. The minimum atomic E-state index is -1.29. The number of methoxy groups -OCH3 is 1. The fourth-order valence-electron chi connectivity index (χ4n) is 4.62. The van der Waals surface area contributed by atoms with Crippen LogP contribution in [0.5, 0.6) is 0 Å². The van der Waals surface area contributed by atoms with Gasteiger partial charge in [-0.3, -0.25) is 24.6 Å². The molecule has 29 heavy (non-hydrogen) atoms. The van der Waals surface area contributed by atoms with Gasteiger partial charge < -0.3 is 9.15 Å². The van der Waals surface area contributed by atoms with Gasteiger partial charge in [0.2, 0.25) is 17.7 Å². The van der Waals surface area contributed by atoms with E-state index >= 15 is 0 Å². The Bertz CT molecular complexity index is 985. The summed E-state index contributed by atoms with van der Waals surface area (Å²) in [6.07, 6.45) is 0.298. The summed E-state index contributed by atoms with van der Waals surface area (Å²) in [7, 11) is 2.73. The standard InChI is InChI=1S/C21H23N3O5/c1-5-21(20(27)28-4)14-13(18(25)24(3)19(14)26)16(23-21)15-11(2)29-17(22-15)12-9-7-6-8-10-12/h6-10,13-14,16,23H,5H2,1-4H3/t13-,14-,16+,21-/m0/s1. The predicted molar refractivity (Wildman–Crippen MR) is 102 cm³/mol. The highest BCUT2D eigenvalue weighted by Gasteiger charge is 2.68. The van der Waals surface area contributed by atoms with E-state index in [1.54, 1.807) is 13.8 Å². The molecular weight excluding hydrogens is 374 g/mol. The second kappa shape index (κ2) is 6.81. The van der Waals surface area contributed by atoms with Gasteiger partial charge >= 0.3 is 5.97 Å². The Hall–Kier alpha value is -3.00. The van der Waals surface area contributed by atoms with Gasteiger partial charge in [-0.1, -0.05) is 25.1 Å². The van der Waals surface area contributed by atoms with Crippen LogP contribution in [-0.4, -0.2) is 47.4 Å². The molecule has 0 saturated carbocycles. The average molecular weight is 397 g/mol. The highest BCUT2D eigenvalue weighted by Crippen LogP contribution is 2.50. The first-order valence-electron chi connectivity index (χ1n) is 9.56.